The molecule has 32 heavy (non-hydrogen) atoms. The number of piperidine rings is 3. The highest BCUT2D eigenvalue weighted by molar-refractivity contribution is 6.00. The van der Waals surface area contributed by atoms with Crippen molar-refractivity contribution < 1.29 is 14.3 Å². The largest absolute Gasteiger partial charge is 0.488 e. The maximum atomic E-state index is 13.1. The average molecular weight is 442 g/mol. The second-order valence-corrected chi connectivity index (χ2v) is 9.14. The molecule has 2 amide bonds. The fourth-order valence-corrected chi connectivity index (χ4v) is 5.44. The molecule has 9 heteroatoms. The molecule has 0 saturated carbocycles. The molecule has 0 radical (unpaired) electrons. The van der Waals surface area contributed by atoms with Gasteiger partial charge in [-0.05, 0) is 57.3 Å². The first-order valence-corrected chi connectivity index (χ1v) is 11.7. The molecule has 3 fully saturated rings. The highest BCUT2D eigenvalue weighted by Gasteiger charge is 2.32. The molecule has 5 rings (SSSR count). The van der Waals surface area contributed by atoms with Gasteiger partial charge in [0, 0.05) is 32.6 Å². The summed E-state index contributed by atoms with van der Waals surface area (Å²) in [4.78, 5) is 39.6. The molecule has 1 aromatic heterocycles. The number of imidazole rings is 1. The van der Waals surface area contributed by atoms with E-state index in [1.807, 2.05) is 18.2 Å². The number of hydrogen-bond acceptors (Lipinski definition) is 6. The van der Waals surface area contributed by atoms with Crippen molar-refractivity contribution in [2.24, 2.45) is 7.05 Å². The van der Waals surface area contributed by atoms with Crippen LogP contribution in [0.15, 0.2) is 23.0 Å². The van der Waals surface area contributed by atoms with E-state index < -0.39 is 11.9 Å². The first kappa shape index (κ1) is 21.2. The number of benzene rings is 1. The number of aromatic nitrogens is 2. The predicted molar refractivity (Wildman–Crippen MR) is 120 cm³/mol. The number of nitrogens with one attached hydrogen (secondary N) is 2. The maximum absolute atomic E-state index is 13.1. The lowest BCUT2D eigenvalue weighted by atomic mass is 10.00. The summed E-state index contributed by atoms with van der Waals surface area (Å²) in [6.07, 6.45) is 4.99. The third-order valence-corrected chi connectivity index (χ3v) is 7.18. The predicted octanol–water partition coefficient (Wildman–Crippen LogP) is 0.913. The van der Waals surface area contributed by atoms with Crippen LogP contribution in [0.3, 0.4) is 0 Å². The van der Waals surface area contributed by atoms with E-state index in [0.717, 1.165) is 39.0 Å². The molecule has 3 aliphatic heterocycles. The topological polar surface area (TPSA) is 97.6 Å². The fraction of sp³-hybridized carbons (Fsp3) is 0.609. The Bertz CT molecular complexity index is 1080. The van der Waals surface area contributed by atoms with Gasteiger partial charge in [-0.2, -0.15) is 0 Å². The second-order valence-electron chi connectivity index (χ2n) is 9.14. The lowest BCUT2D eigenvalue weighted by molar-refractivity contribution is -0.135. The number of carbonyl (C=O) groups excluding carboxylic acids is 2. The molecule has 172 valence electrons. The lowest BCUT2D eigenvalue weighted by Crippen LogP contribution is -2.48. The maximum Gasteiger partial charge on any atom is 0.329 e. The van der Waals surface area contributed by atoms with Crippen molar-refractivity contribution in [2.45, 2.75) is 56.7 Å². The van der Waals surface area contributed by atoms with E-state index in [1.165, 1.54) is 17.4 Å². The monoisotopic (exact) mass is 441 g/mol. The van der Waals surface area contributed by atoms with Crippen molar-refractivity contribution in [3.05, 3.63) is 28.7 Å². The Hall–Kier alpha value is -2.65. The normalized spacial score (nSPS) is 24.1. The summed E-state index contributed by atoms with van der Waals surface area (Å²) in [6.45, 7) is 4.26. The molecular formula is C23H31N5O4. The van der Waals surface area contributed by atoms with E-state index in [2.05, 4.69) is 15.5 Å². The number of para-hydroxylation sites is 1. The molecule has 0 spiro atoms. The molecule has 9 nitrogen and oxygen atoms in total. The van der Waals surface area contributed by atoms with E-state index >= 15 is 0 Å². The molecule has 1 unspecified atom stereocenters. The number of likely N-dealkylation sites (tertiary alicyclic amines) is 1. The third kappa shape index (κ3) is 3.84. The van der Waals surface area contributed by atoms with Gasteiger partial charge in [-0.25, -0.2) is 4.79 Å². The molecule has 0 aliphatic carbocycles. The number of carbonyl (C=O) groups is 2. The average Bonchev–Trinajstić information content (AvgIpc) is 3.06. The summed E-state index contributed by atoms with van der Waals surface area (Å²) in [6, 6.07) is 5.59. The van der Waals surface area contributed by atoms with Crippen molar-refractivity contribution in [1.82, 2.24) is 24.7 Å². The minimum Gasteiger partial charge on any atom is -0.488 e. The summed E-state index contributed by atoms with van der Waals surface area (Å²) in [5, 5.41) is 5.78. The van der Waals surface area contributed by atoms with Crippen molar-refractivity contribution >= 4 is 22.8 Å². The summed E-state index contributed by atoms with van der Waals surface area (Å²) in [5.74, 6) is -0.0414. The van der Waals surface area contributed by atoms with Crippen molar-refractivity contribution in [3.8, 4) is 5.75 Å². The third-order valence-electron chi connectivity index (χ3n) is 7.18. The number of imide groups is 1. The molecule has 0 bridgehead atoms. The molecular weight excluding hydrogens is 410 g/mol. The number of ether oxygens (including phenoxy) is 1. The molecule has 1 atom stereocenters. The summed E-state index contributed by atoms with van der Waals surface area (Å²) in [7, 11) is 1.71. The Labute approximate surface area is 186 Å². The zero-order valence-electron chi connectivity index (χ0n) is 18.5. The van der Waals surface area contributed by atoms with Crippen LogP contribution in [0, 0.1) is 0 Å². The van der Waals surface area contributed by atoms with Gasteiger partial charge < -0.3 is 15.0 Å². The Morgan fingerprint density at radius 3 is 2.47 bits per heavy atom. The highest BCUT2D eigenvalue weighted by Crippen LogP contribution is 2.31. The summed E-state index contributed by atoms with van der Waals surface area (Å²) in [5.41, 5.74) is 1.09. The fourth-order valence-electron chi connectivity index (χ4n) is 5.44. The van der Waals surface area contributed by atoms with Crippen molar-refractivity contribution in [3.63, 3.8) is 0 Å². The van der Waals surface area contributed by atoms with Crippen LogP contribution in [0.2, 0.25) is 0 Å². The Morgan fingerprint density at radius 2 is 1.75 bits per heavy atom. The van der Waals surface area contributed by atoms with Gasteiger partial charge in [-0.1, -0.05) is 6.07 Å². The van der Waals surface area contributed by atoms with Gasteiger partial charge in [0.25, 0.3) is 0 Å². The zero-order chi connectivity index (χ0) is 22.2. The number of fused-ring (bicyclic) bond motifs is 1. The van der Waals surface area contributed by atoms with Crippen LogP contribution < -0.4 is 21.1 Å². The lowest BCUT2D eigenvalue weighted by Gasteiger charge is -2.39. The van der Waals surface area contributed by atoms with E-state index in [-0.39, 0.29) is 24.1 Å². The number of nitrogens with zero attached hydrogens (tertiary/aromatic N) is 3. The van der Waals surface area contributed by atoms with Crippen LogP contribution in [0.25, 0.3) is 11.0 Å². The Morgan fingerprint density at radius 1 is 1.00 bits per heavy atom. The second kappa shape index (κ2) is 8.71. The highest BCUT2D eigenvalue weighted by atomic mass is 16.5. The van der Waals surface area contributed by atoms with Gasteiger partial charge in [0.2, 0.25) is 11.8 Å². The van der Waals surface area contributed by atoms with Gasteiger partial charge >= 0.3 is 5.69 Å². The number of rotatable bonds is 4. The van der Waals surface area contributed by atoms with E-state index in [4.69, 9.17) is 4.74 Å². The van der Waals surface area contributed by atoms with Crippen molar-refractivity contribution in [2.75, 3.05) is 26.2 Å². The first-order chi connectivity index (χ1) is 15.5. The van der Waals surface area contributed by atoms with Gasteiger partial charge in [0.1, 0.15) is 23.4 Å². The van der Waals surface area contributed by atoms with Crippen LogP contribution in [0.5, 0.6) is 5.75 Å². The van der Waals surface area contributed by atoms with Crippen molar-refractivity contribution in [1.29, 1.82) is 0 Å². The SMILES string of the molecule is Cn1c(=O)n(C2CCC(=O)NC2=O)c2cccc(OC3CCN(C4CCNCC4)CC3)c21. The minimum atomic E-state index is -0.688. The molecule has 3 saturated heterocycles. The minimum absolute atomic E-state index is 0.104. The first-order valence-electron chi connectivity index (χ1n) is 11.7. The summed E-state index contributed by atoms with van der Waals surface area (Å²) < 4.78 is 9.48. The van der Waals surface area contributed by atoms with Crippen LogP contribution in [-0.4, -0.2) is 64.2 Å². The quantitative estimate of drug-likeness (QED) is 0.685. The summed E-state index contributed by atoms with van der Waals surface area (Å²) >= 11 is 0. The van der Waals surface area contributed by atoms with E-state index in [9.17, 15) is 14.4 Å². The van der Waals surface area contributed by atoms with Gasteiger partial charge in [0.05, 0.1) is 5.52 Å². The van der Waals surface area contributed by atoms with Crippen LogP contribution in [0.4, 0.5) is 0 Å². The van der Waals surface area contributed by atoms with E-state index in [0.29, 0.717) is 29.2 Å². The molecule has 2 aromatic rings. The Balaban J connectivity index is 1.36. The number of amides is 2. The van der Waals surface area contributed by atoms with Gasteiger partial charge in [-0.3, -0.25) is 24.0 Å². The smallest absolute Gasteiger partial charge is 0.329 e. The molecule has 1 aromatic carbocycles. The van der Waals surface area contributed by atoms with Crippen LogP contribution >= 0.6 is 0 Å². The number of aryl methyl sites for hydroxylation is 1. The van der Waals surface area contributed by atoms with Crippen LogP contribution in [0.1, 0.15) is 44.6 Å². The molecule has 3 aliphatic rings. The zero-order valence-corrected chi connectivity index (χ0v) is 18.5. The molecule has 2 N–H and O–H groups in total. The van der Waals surface area contributed by atoms with Crippen LogP contribution in [-0.2, 0) is 16.6 Å². The van der Waals surface area contributed by atoms with Gasteiger partial charge in [-0.15, -0.1) is 0 Å². The van der Waals surface area contributed by atoms with E-state index in [1.54, 1.807) is 11.6 Å². The van der Waals surface area contributed by atoms with Gasteiger partial charge in [0.15, 0.2) is 0 Å². The molecule has 4 heterocycles. The standard InChI is InChI=1S/C23H31N5O4/c1-26-21-17(28(23(26)31)18-5-6-20(29)25-22(18)30)3-2-4-19(21)32-16-9-13-27(14-10-16)15-7-11-24-12-8-15/h2-4,15-16,18,24H,5-14H2,1H3,(H,25,29,30). The Kier molecular flexibility index (Phi) is 5.77. The number of hydrogen-bond donors (Lipinski definition) is 2.